The van der Waals surface area contributed by atoms with Crippen LogP contribution in [0.2, 0.25) is 0 Å². The van der Waals surface area contributed by atoms with Gasteiger partial charge in [0.15, 0.2) is 0 Å². The smallest absolute Gasteiger partial charge is 0.123 e. The van der Waals surface area contributed by atoms with Crippen LogP contribution in [0.1, 0.15) is 24.4 Å². The van der Waals surface area contributed by atoms with Crippen molar-refractivity contribution in [3.8, 4) is 0 Å². The molecule has 0 aromatic heterocycles. The summed E-state index contributed by atoms with van der Waals surface area (Å²) in [6, 6.07) is 6.85. The highest BCUT2D eigenvalue weighted by Crippen LogP contribution is 2.34. The maximum Gasteiger partial charge on any atom is 0.123 e. The first-order valence-electron chi connectivity index (χ1n) is 5.79. The summed E-state index contributed by atoms with van der Waals surface area (Å²) in [4.78, 5) is 2.25. The molecule has 0 bridgehead atoms. The molecular formula is C13H19ClFNO. The zero-order chi connectivity index (χ0) is 11.5. The third-order valence-corrected chi connectivity index (χ3v) is 3.45. The molecule has 1 N–H and O–H groups in total. The lowest BCUT2D eigenvalue weighted by molar-refractivity contribution is 0.0742. The fourth-order valence-electron chi connectivity index (χ4n) is 2.64. The molecule has 2 unspecified atom stereocenters. The van der Waals surface area contributed by atoms with Gasteiger partial charge in [-0.2, -0.15) is 0 Å². The highest BCUT2D eigenvalue weighted by atomic mass is 35.5. The van der Waals surface area contributed by atoms with Gasteiger partial charge in [0.05, 0.1) is 0 Å². The molecule has 0 radical (unpaired) electrons. The molecule has 1 aliphatic heterocycles. The van der Waals surface area contributed by atoms with E-state index in [1.54, 1.807) is 0 Å². The summed E-state index contributed by atoms with van der Waals surface area (Å²) in [5.74, 6) is 0.0620. The SMILES string of the molecule is CN1CCCC(CO)C1c1ccc(F)cc1.Cl. The molecule has 17 heavy (non-hydrogen) atoms. The van der Waals surface area contributed by atoms with E-state index in [9.17, 15) is 9.50 Å². The van der Waals surface area contributed by atoms with Crippen molar-refractivity contribution in [1.29, 1.82) is 0 Å². The number of benzene rings is 1. The van der Waals surface area contributed by atoms with Gasteiger partial charge in [-0.1, -0.05) is 12.1 Å². The van der Waals surface area contributed by atoms with Gasteiger partial charge in [0.1, 0.15) is 5.82 Å². The normalized spacial score (nSPS) is 25.4. The zero-order valence-corrected chi connectivity index (χ0v) is 10.8. The summed E-state index contributed by atoms with van der Waals surface area (Å²) < 4.78 is 12.9. The van der Waals surface area contributed by atoms with Gasteiger partial charge in [0.25, 0.3) is 0 Å². The quantitative estimate of drug-likeness (QED) is 0.883. The van der Waals surface area contributed by atoms with Crippen LogP contribution in [0.3, 0.4) is 0 Å². The summed E-state index contributed by atoms with van der Waals surface area (Å²) in [7, 11) is 2.07. The Hall–Kier alpha value is -0.640. The predicted octanol–water partition coefficient (Wildman–Crippen LogP) is 2.62. The van der Waals surface area contributed by atoms with Gasteiger partial charge in [-0.15, -0.1) is 12.4 Å². The number of aliphatic hydroxyl groups is 1. The number of piperidine rings is 1. The van der Waals surface area contributed by atoms with Crippen molar-refractivity contribution in [2.45, 2.75) is 18.9 Å². The molecule has 2 nitrogen and oxygen atoms in total. The number of hydrogen-bond acceptors (Lipinski definition) is 2. The second-order valence-corrected chi connectivity index (χ2v) is 4.56. The first-order chi connectivity index (χ1) is 7.72. The van der Waals surface area contributed by atoms with Crippen LogP contribution in [0, 0.1) is 11.7 Å². The lowest BCUT2D eigenvalue weighted by atomic mass is 9.85. The third-order valence-electron chi connectivity index (χ3n) is 3.45. The molecule has 1 saturated heterocycles. The van der Waals surface area contributed by atoms with Gasteiger partial charge < -0.3 is 5.11 Å². The van der Waals surface area contributed by atoms with Gasteiger partial charge in [0.2, 0.25) is 0 Å². The van der Waals surface area contributed by atoms with Crippen LogP contribution in [0.25, 0.3) is 0 Å². The summed E-state index contributed by atoms with van der Waals surface area (Å²) in [5, 5.41) is 9.39. The standard InChI is InChI=1S/C13H18FNO.ClH/c1-15-8-2-3-11(9-16)13(15)10-4-6-12(14)7-5-10;/h4-7,11,13,16H,2-3,8-9H2,1H3;1H. The second-order valence-electron chi connectivity index (χ2n) is 4.56. The minimum Gasteiger partial charge on any atom is -0.396 e. The number of likely N-dealkylation sites (tertiary alicyclic amines) is 1. The lowest BCUT2D eigenvalue weighted by Crippen LogP contribution is -2.37. The van der Waals surface area contributed by atoms with E-state index in [2.05, 4.69) is 11.9 Å². The van der Waals surface area contributed by atoms with Crippen LogP contribution in [-0.4, -0.2) is 30.2 Å². The predicted molar refractivity (Wildman–Crippen MR) is 68.8 cm³/mol. The maximum atomic E-state index is 12.9. The van der Waals surface area contributed by atoms with E-state index in [0.29, 0.717) is 0 Å². The van der Waals surface area contributed by atoms with Crippen LogP contribution in [0.5, 0.6) is 0 Å². The molecule has 0 aliphatic carbocycles. The molecular weight excluding hydrogens is 241 g/mol. The average molecular weight is 260 g/mol. The second kappa shape index (κ2) is 6.34. The lowest BCUT2D eigenvalue weighted by Gasteiger charge is -2.38. The monoisotopic (exact) mass is 259 g/mol. The van der Waals surface area contributed by atoms with Gasteiger partial charge in [-0.3, -0.25) is 4.90 Å². The Morgan fingerprint density at radius 2 is 2.00 bits per heavy atom. The minimum absolute atomic E-state index is 0. The van der Waals surface area contributed by atoms with Gasteiger partial charge in [0, 0.05) is 18.6 Å². The molecule has 0 saturated carbocycles. The van der Waals surface area contributed by atoms with Crippen molar-refractivity contribution in [2.24, 2.45) is 5.92 Å². The number of rotatable bonds is 2. The molecule has 1 heterocycles. The highest BCUT2D eigenvalue weighted by molar-refractivity contribution is 5.85. The van der Waals surface area contributed by atoms with Crippen LogP contribution in [-0.2, 0) is 0 Å². The zero-order valence-electron chi connectivity index (χ0n) is 9.97. The Labute approximate surface area is 108 Å². The molecule has 0 spiro atoms. The van der Waals surface area contributed by atoms with Crippen LogP contribution >= 0.6 is 12.4 Å². The van der Waals surface area contributed by atoms with E-state index < -0.39 is 0 Å². The van der Waals surface area contributed by atoms with E-state index in [0.717, 1.165) is 24.9 Å². The topological polar surface area (TPSA) is 23.5 Å². The van der Waals surface area contributed by atoms with Crippen molar-refractivity contribution in [1.82, 2.24) is 4.90 Å². The summed E-state index contributed by atoms with van der Waals surface area (Å²) in [6.45, 7) is 1.24. The van der Waals surface area contributed by atoms with Gasteiger partial charge in [-0.05, 0) is 44.1 Å². The van der Waals surface area contributed by atoms with E-state index in [4.69, 9.17) is 0 Å². The van der Waals surface area contributed by atoms with Crippen LogP contribution in [0.4, 0.5) is 4.39 Å². The van der Waals surface area contributed by atoms with E-state index in [-0.39, 0.29) is 36.8 Å². The molecule has 96 valence electrons. The highest BCUT2D eigenvalue weighted by Gasteiger charge is 2.29. The largest absolute Gasteiger partial charge is 0.396 e. The Morgan fingerprint density at radius 3 is 2.59 bits per heavy atom. The minimum atomic E-state index is -0.206. The van der Waals surface area contributed by atoms with Crippen molar-refractivity contribution in [2.75, 3.05) is 20.2 Å². The fraction of sp³-hybridized carbons (Fsp3) is 0.538. The number of aliphatic hydroxyl groups excluding tert-OH is 1. The Kier molecular flexibility index (Phi) is 5.37. The molecule has 1 fully saturated rings. The first-order valence-corrected chi connectivity index (χ1v) is 5.79. The van der Waals surface area contributed by atoms with Gasteiger partial charge in [-0.25, -0.2) is 4.39 Å². The molecule has 2 atom stereocenters. The Morgan fingerprint density at radius 1 is 1.35 bits per heavy atom. The Balaban J connectivity index is 0.00000144. The third kappa shape index (κ3) is 3.18. The number of hydrogen-bond donors (Lipinski definition) is 1. The molecule has 2 rings (SSSR count). The van der Waals surface area contributed by atoms with Crippen molar-refractivity contribution < 1.29 is 9.50 Å². The number of halogens is 2. The van der Waals surface area contributed by atoms with E-state index >= 15 is 0 Å². The van der Waals surface area contributed by atoms with Crippen molar-refractivity contribution in [3.05, 3.63) is 35.6 Å². The fourth-order valence-corrected chi connectivity index (χ4v) is 2.64. The molecule has 1 aromatic carbocycles. The molecule has 1 aromatic rings. The molecule has 0 amide bonds. The summed E-state index contributed by atoms with van der Waals surface area (Å²) in [5.41, 5.74) is 1.10. The van der Waals surface area contributed by atoms with Crippen molar-refractivity contribution in [3.63, 3.8) is 0 Å². The van der Waals surface area contributed by atoms with Gasteiger partial charge >= 0.3 is 0 Å². The van der Waals surface area contributed by atoms with E-state index in [1.807, 2.05) is 12.1 Å². The number of nitrogens with zero attached hydrogens (tertiary/aromatic N) is 1. The first kappa shape index (κ1) is 14.4. The van der Waals surface area contributed by atoms with E-state index in [1.165, 1.54) is 12.1 Å². The van der Waals surface area contributed by atoms with Crippen molar-refractivity contribution >= 4 is 12.4 Å². The Bertz CT molecular complexity index is 344. The van der Waals surface area contributed by atoms with Crippen LogP contribution < -0.4 is 0 Å². The molecule has 1 aliphatic rings. The summed E-state index contributed by atoms with van der Waals surface area (Å²) >= 11 is 0. The maximum absolute atomic E-state index is 12.9. The molecule has 4 heteroatoms. The van der Waals surface area contributed by atoms with Crippen LogP contribution in [0.15, 0.2) is 24.3 Å². The average Bonchev–Trinajstić information content (AvgIpc) is 2.30. The summed E-state index contributed by atoms with van der Waals surface area (Å²) in [6.07, 6.45) is 2.17.